The summed E-state index contributed by atoms with van der Waals surface area (Å²) in [4.78, 5) is 0.0589. The Kier molecular flexibility index (Phi) is 5.59. The Hall–Kier alpha value is 0.0500. The summed E-state index contributed by atoms with van der Waals surface area (Å²) in [6.07, 6.45) is 1.90. The standard InChI is InChI=1S/C9H12BrClN2O2S2/c1-16-3-2-13-17(14,15)8-5-6(11)4-7(12)9(8)10/h4-5,13H,2-3,12H2,1H3. The Morgan fingerprint density at radius 1 is 1.53 bits per heavy atom. The van der Waals surface area contributed by atoms with Crippen molar-refractivity contribution in [2.24, 2.45) is 0 Å². The lowest BCUT2D eigenvalue weighted by Crippen LogP contribution is -2.26. The summed E-state index contributed by atoms with van der Waals surface area (Å²) in [6, 6.07) is 2.86. The minimum Gasteiger partial charge on any atom is -0.398 e. The zero-order valence-electron chi connectivity index (χ0n) is 9.04. The van der Waals surface area contributed by atoms with Gasteiger partial charge in [-0.15, -0.1) is 0 Å². The summed E-state index contributed by atoms with van der Waals surface area (Å²) in [5.74, 6) is 0.701. The van der Waals surface area contributed by atoms with Crippen molar-refractivity contribution in [3.63, 3.8) is 0 Å². The summed E-state index contributed by atoms with van der Waals surface area (Å²) in [7, 11) is -3.58. The van der Waals surface area contributed by atoms with E-state index in [1.807, 2.05) is 6.26 Å². The fourth-order valence-electron chi connectivity index (χ4n) is 1.14. The van der Waals surface area contributed by atoms with E-state index in [2.05, 4.69) is 20.7 Å². The fourth-order valence-corrected chi connectivity index (χ4v) is 3.89. The van der Waals surface area contributed by atoms with Crippen LogP contribution in [0.4, 0.5) is 5.69 Å². The molecule has 17 heavy (non-hydrogen) atoms. The summed E-state index contributed by atoms with van der Waals surface area (Å²) in [6.45, 7) is 0.363. The summed E-state index contributed by atoms with van der Waals surface area (Å²) >= 11 is 10.5. The molecule has 0 aliphatic heterocycles. The second kappa shape index (κ2) is 6.29. The van der Waals surface area contributed by atoms with Crippen molar-refractivity contribution in [3.05, 3.63) is 21.6 Å². The number of hydrogen-bond acceptors (Lipinski definition) is 4. The van der Waals surface area contributed by atoms with Crippen LogP contribution < -0.4 is 10.5 Å². The molecule has 1 aromatic carbocycles. The second-order valence-corrected chi connectivity index (χ2v) is 7.15. The van der Waals surface area contributed by atoms with Gasteiger partial charge in [0.25, 0.3) is 0 Å². The average molecular weight is 360 g/mol. The number of nitrogens with one attached hydrogen (secondary N) is 1. The Bertz CT molecular complexity index is 508. The number of halogens is 2. The minimum atomic E-state index is -3.58. The van der Waals surface area contributed by atoms with E-state index in [0.29, 0.717) is 22.5 Å². The molecule has 0 radical (unpaired) electrons. The molecule has 0 aliphatic rings. The number of thioether (sulfide) groups is 1. The molecule has 8 heteroatoms. The van der Waals surface area contributed by atoms with Crippen LogP contribution in [0.25, 0.3) is 0 Å². The van der Waals surface area contributed by atoms with Gasteiger partial charge in [-0.05, 0) is 34.3 Å². The third-order valence-corrected chi connectivity index (χ3v) is 5.38. The molecular formula is C9H12BrClN2O2S2. The quantitative estimate of drug-likeness (QED) is 0.625. The van der Waals surface area contributed by atoms with E-state index in [0.717, 1.165) is 0 Å². The molecule has 0 fully saturated rings. The van der Waals surface area contributed by atoms with Gasteiger partial charge in [0.2, 0.25) is 10.0 Å². The van der Waals surface area contributed by atoms with Gasteiger partial charge in [0.1, 0.15) is 0 Å². The largest absolute Gasteiger partial charge is 0.398 e. The van der Waals surface area contributed by atoms with Gasteiger partial charge in [-0.1, -0.05) is 11.6 Å². The first-order chi connectivity index (χ1) is 7.88. The van der Waals surface area contributed by atoms with Crippen molar-refractivity contribution < 1.29 is 8.42 Å². The molecule has 0 saturated heterocycles. The summed E-state index contributed by atoms with van der Waals surface area (Å²) < 4.78 is 26.7. The number of sulfonamides is 1. The van der Waals surface area contributed by atoms with E-state index < -0.39 is 10.0 Å². The van der Waals surface area contributed by atoms with Gasteiger partial charge < -0.3 is 5.73 Å². The van der Waals surface area contributed by atoms with Crippen molar-refractivity contribution in [3.8, 4) is 0 Å². The lowest BCUT2D eigenvalue weighted by atomic mass is 10.3. The molecule has 3 N–H and O–H groups in total. The van der Waals surface area contributed by atoms with Crippen LogP contribution in [0.1, 0.15) is 0 Å². The highest BCUT2D eigenvalue weighted by molar-refractivity contribution is 9.10. The second-order valence-electron chi connectivity index (χ2n) is 3.20. The molecule has 1 rings (SSSR count). The topological polar surface area (TPSA) is 72.2 Å². The highest BCUT2D eigenvalue weighted by Gasteiger charge is 2.19. The first kappa shape index (κ1) is 15.1. The molecule has 0 atom stereocenters. The summed E-state index contributed by atoms with van der Waals surface area (Å²) in [5.41, 5.74) is 5.94. The number of hydrogen-bond donors (Lipinski definition) is 2. The lowest BCUT2D eigenvalue weighted by molar-refractivity contribution is 0.584. The summed E-state index contributed by atoms with van der Waals surface area (Å²) in [5, 5.41) is 0.288. The zero-order chi connectivity index (χ0) is 13.1. The van der Waals surface area contributed by atoms with Gasteiger partial charge in [-0.2, -0.15) is 11.8 Å². The third kappa shape index (κ3) is 4.03. The first-order valence-electron chi connectivity index (χ1n) is 4.61. The van der Waals surface area contributed by atoms with Crippen molar-refractivity contribution >= 4 is 55.0 Å². The Labute approximate surface area is 118 Å². The Balaban J connectivity index is 3.06. The van der Waals surface area contributed by atoms with Crippen LogP contribution in [0, 0.1) is 0 Å². The molecule has 0 bridgehead atoms. The lowest BCUT2D eigenvalue weighted by Gasteiger charge is -2.10. The van der Waals surface area contributed by atoms with Crippen molar-refractivity contribution in [2.75, 3.05) is 24.3 Å². The molecule has 0 aliphatic carbocycles. The van der Waals surface area contributed by atoms with E-state index in [9.17, 15) is 8.42 Å². The van der Waals surface area contributed by atoms with E-state index in [1.54, 1.807) is 11.8 Å². The van der Waals surface area contributed by atoms with Gasteiger partial charge >= 0.3 is 0 Å². The van der Waals surface area contributed by atoms with E-state index >= 15 is 0 Å². The van der Waals surface area contributed by atoms with Gasteiger partial charge in [0, 0.05) is 23.0 Å². The highest BCUT2D eigenvalue weighted by Crippen LogP contribution is 2.31. The van der Waals surface area contributed by atoms with E-state index in [-0.39, 0.29) is 9.92 Å². The molecule has 96 valence electrons. The molecule has 0 aromatic heterocycles. The predicted molar refractivity (Wildman–Crippen MR) is 77.1 cm³/mol. The average Bonchev–Trinajstić information content (AvgIpc) is 2.23. The van der Waals surface area contributed by atoms with Crippen LogP contribution >= 0.6 is 39.3 Å². The molecule has 0 unspecified atom stereocenters. The van der Waals surface area contributed by atoms with Crippen LogP contribution in [0.2, 0.25) is 5.02 Å². The van der Waals surface area contributed by atoms with Gasteiger partial charge in [0.05, 0.1) is 9.37 Å². The predicted octanol–water partition coefficient (Wildman–Crippen LogP) is 2.33. The molecule has 0 heterocycles. The van der Waals surface area contributed by atoms with Gasteiger partial charge in [0.15, 0.2) is 0 Å². The van der Waals surface area contributed by atoms with Crippen LogP contribution in [-0.4, -0.2) is 27.0 Å². The molecule has 0 amide bonds. The van der Waals surface area contributed by atoms with Crippen molar-refractivity contribution in [1.82, 2.24) is 4.72 Å². The number of nitrogen functional groups attached to an aromatic ring is 1. The van der Waals surface area contributed by atoms with Crippen LogP contribution in [0.3, 0.4) is 0 Å². The molecule has 4 nitrogen and oxygen atoms in total. The first-order valence-corrected chi connectivity index (χ1v) is 8.66. The van der Waals surface area contributed by atoms with Crippen molar-refractivity contribution in [2.45, 2.75) is 4.90 Å². The molecular weight excluding hydrogens is 348 g/mol. The molecule has 0 saturated carbocycles. The fraction of sp³-hybridized carbons (Fsp3) is 0.333. The van der Waals surface area contributed by atoms with Crippen molar-refractivity contribution in [1.29, 1.82) is 0 Å². The number of benzene rings is 1. The van der Waals surface area contributed by atoms with Gasteiger partial charge in [-0.3, -0.25) is 0 Å². The number of rotatable bonds is 5. The number of anilines is 1. The smallest absolute Gasteiger partial charge is 0.241 e. The normalized spacial score (nSPS) is 11.7. The van der Waals surface area contributed by atoms with E-state index in [4.69, 9.17) is 17.3 Å². The SMILES string of the molecule is CSCCNS(=O)(=O)c1cc(Cl)cc(N)c1Br. The van der Waals surface area contributed by atoms with Crippen LogP contribution in [-0.2, 0) is 10.0 Å². The molecule has 1 aromatic rings. The Morgan fingerprint density at radius 3 is 2.76 bits per heavy atom. The number of nitrogens with two attached hydrogens (primary N) is 1. The zero-order valence-corrected chi connectivity index (χ0v) is 13.0. The maximum absolute atomic E-state index is 12.0. The molecule has 0 spiro atoms. The maximum atomic E-state index is 12.0. The highest BCUT2D eigenvalue weighted by atomic mass is 79.9. The van der Waals surface area contributed by atoms with Crippen LogP contribution in [0.15, 0.2) is 21.5 Å². The minimum absolute atomic E-state index is 0.0589. The van der Waals surface area contributed by atoms with Crippen LogP contribution in [0.5, 0.6) is 0 Å². The third-order valence-electron chi connectivity index (χ3n) is 1.92. The van der Waals surface area contributed by atoms with E-state index in [1.165, 1.54) is 12.1 Å². The Morgan fingerprint density at radius 2 is 2.18 bits per heavy atom. The monoisotopic (exact) mass is 358 g/mol. The maximum Gasteiger partial charge on any atom is 0.241 e. The van der Waals surface area contributed by atoms with Gasteiger partial charge in [-0.25, -0.2) is 13.1 Å².